The normalized spacial score (nSPS) is 16.2. The Bertz CT molecular complexity index is 1410. The SMILES string of the molecule is CC(C)c1cncc(CNC[C@@H](O)[C@H](Cc2ccccc2)NC(=O)c2cccc(C(=O)N3CCC[C@@H]3C(=O)NN(C)C)c2)c1. The van der Waals surface area contributed by atoms with Crippen LogP contribution in [-0.2, 0) is 17.8 Å². The number of nitrogens with one attached hydrogen (secondary N) is 3. The fourth-order valence-electron chi connectivity index (χ4n) is 5.37. The Morgan fingerprint density at radius 2 is 1.75 bits per heavy atom. The maximum Gasteiger partial charge on any atom is 0.257 e. The lowest BCUT2D eigenvalue weighted by Gasteiger charge is -2.26. The first kappa shape index (κ1) is 32.8. The van der Waals surface area contributed by atoms with Crippen LogP contribution in [0.25, 0.3) is 0 Å². The number of carbonyl (C=O) groups excluding carboxylic acids is 3. The third-order valence-corrected chi connectivity index (χ3v) is 7.77. The molecule has 2 heterocycles. The van der Waals surface area contributed by atoms with Crippen LogP contribution in [0.15, 0.2) is 73.1 Å². The molecular formula is C34H44N6O4. The molecule has 234 valence electrons. The van der Waals surface area contributed by atoms with Crippen molar-refractivity contribution in [3.8, 4) is 0 Å². The van der Waals surface area contributed by atoms with Gasteiger partial charge in [0.25, 0.3) is 17.7 Å². The average Bonchev–Trinajstić information content (AvgIpc) is 3.51. The van der Waals surface area contributed by atoms with Gasteiger partial charge in [-0.3, -0.25) is 24.8 Å². The number of hydrogen-bond donors (Lipinski definition) is 4. The lowest BCUT2D eigenvalue weighted by molar-refractivity contribution is -0.128. The number of aliphatic hydroxyl groups is 1. The Hall–Kier alpha value is -4.12. The molecule has 2 aromatic carbocycles. The molecule has 3 amide bonds. The highest BCUT2D eigenvalue weighted by Gasteiger charge is 2.35. The fraction of sp³-hybridized carbons (Fsp3) is 0.412. The van der Waals surface area contributed by atoms with Gasteiger partial charge in [-0.25, -0.2) is 5.01 Å². The van der Waals surface area contributed by atoms with Crippen molar-refractivity contribution in [2.45, 2.75) is 63.8 Å². The number of pyridine rings is 1. The van der Waals surface area contributed by atoms with E-state index in [0.717, 1.165) is 23.1 Å². The third kappa shape index (κ3) is 8.95. The van der Waals surface area contributed by atoms with Gasteiger partial charge in [0.2, 0.25) is 0 Å². The smallest absolute Gasteiger partial charge is 0.257 e. The minimum atomic E-state index is -0.884. The number of aromatic nitrogens is 1. The Morgan fingerprint density at radius 1 is 1.00 bits per heavy atom. The van der Waals surface area contributed by atoms with Crippen molar-refractivity contribution in [1.82, 2.24) is 31.0 Å². The van der Waals surface area contributed by atoms with Crippen LogP contribution in [-0.4, -0.2) is 83.1 Å². The number of benzene rings is 2. The van der Waals surface area contributed by atoms with Crippen LogP contribution in [0.4, 0.5) is 0 Å². The van der Waals surface area contributed by atoms with Crippen LogP contribution in [0.1, 0.15) is 70.0 Å². The van der Waals surface area contributed by atoms with E-state index in [2.05, 4.69) is 41.0 Å². The molecule has 10 nitrogen and oxygen atoms in total. The monoisotopic (exact) mass is 600 g/mol. The average molecular weight is 601 g/mol. The molecule has 44 heavy (non-hydrogen) atoms. The zero-order chi connectivity index (χ0) is 31.6. The number of nitrogens with zero attached hydrogens (tertiary/aromatic N) is 3. The lowest BCUT2D eigenvalue weighted by Crippen LogP contribution is -2.49. The number of hydrogen-bond acceptors (Lipinski definition) is 7. The van der Waals surface area contributed by atoms with E-state index in [1.54, 1.807) is 48.3 Å². The van der Waals surface area contributed by atoms with E-state index in [-0.39, 0.29) is 18.4 Å². The van der Waals surface area contributed by atoms with E-state index < -0.39 is 24.1 Å². The van der Waals surface area contributed by atoms with Gasteiger partial charge in [-0.2, -0.15) is 0 Å². The first-order chi connectivity index (χ1) is 21.1. The second-order valence-electron chi connectivity index (χ2n) is 11.9. The number of amides is 3. The molecule has 0 aliphatic carbocycles. The Kier molecular flexibility index (Phi) is 11.6. The molecule has 0 spiro atoms. The van der Waals surface area contributed by atoms with Gasteiger partial charge < -0.3 is 20.6 Å². The van der Waals surface area contributed by atoms with Crippen molar-refractivity contribution in [1.29, 1.82) is 0 Å². The number of rotatable bonds is 13. The van der Waals surface area contributed by atoms with Gasteiger partial charge in [0, 0.05) is 57.3 Å². The highest BCUT2D eigenvalue weighted by atomic mass is 16.3. The minimum Gasteiger partial charge on any atom is -0.390 e. The first-order valence-corrected chi connectivity index (χ1v) is 15.2. The summed E-state index contributed by atoms with van der Waals surface area (Å²) in [5.74, 6) is -0.550. The molecule has 10 heteroatoms. The molecule has 0 radical (unpaired) electrons. The summed E-state index contributed by atoms with van der Waals surface area (Å²) >= 11 is 0. The standard InChI is InChI=1S/C34H44N6O4/c1-23(2)28-16-25(19-35-21-28)20-36-22-31(41)29(17-24-10-6-5-7-11-24)37-32(42)26-12-8-13-27(18-26)34(44)40-15-9-14-30(40)33(43)38-39(3)4/h5-8,10-13,16,18-19,21,23,29-31,36,41H,9,14-15,17,20,22H2,1-4H3,(H,37,42)(H,38,43)/t29-,30+,31+/m0/s1. The van der Waals surface area contributed by atoms with Crippen LogP contribution in [0, 0.1) is 0 Å². The van der Waals surface area contributed by atoms with Crippen molar-refractivity contribution in [3.63, 3.8) is 0 Å². The largest absolute Gasteiger partial charge is 0.390 e. The molecule has 1 aliphatic rings. The topological polar surface area (TPSA) is 127 Å². The summed E-state index contributed by atoms with van der Waals surface area (Å²) in [5.41, 5.74) is 6.53. The third-order valence-electron chi connectivity index (χ3n) is 7.77. The maximum absolute atomic E-state index is 13.5. The van der Waals surface area contributed by atoms with Crippen molar-refractivity contribution < 1.29 is 19.5 Å². The molecule has 4 N–H and O–H groups in total. The Morgan fingerprint density at radius 3 is 2.48 bits per heavy atom. The first-order valence-electron chi connectivity index (χ1n) is 15.2. The molecule has 3 atom stereocenters. The number of hydrazine groups is 1. The summed E-state index contributed by atoms with van der Waals surface area (Å²) in [7, 11) is 3.45. The number of likely N-dealkylation sites (tertiary alicyclic amines) is 1. The fourth-order valence-corrected chi connectivity index (χ4v) is 5.37. The summed E-state index contributed by atoms with van der Waals surface area (Å²) in [5, 5.41) is 19.1. The van der Waals surface area contributed by atoms with Gasteiger partial charge in [-0.15, -0.1) is 0 Å². The highest BCUT2D eigenvalue weighted by Crippen LogP contribution is 2.21. The van der Waals surface area contributed by atoms with Gasteiger partial charge in [0.05, 0.1) is 12.1 Å². The van der Waals surface area contributed by atoms with E-state index in [1.807, 2.05) is 42.7 Å². The van der Waals surface area contributed by atoms with E-state index >= 15 is 0 Å². The molecule has 1 saturated heterocycles. The molecule has 0 unspecified atom stereocenters. The predicted molar refractivity (Wildman–Crippen MR) is 170 cm³/mol. The maximum atomic E-state index is 13.5. The van der Waals surface area contributed by atoms with Gasteiger partial charge in [0.15, 0.2) is 0 Å². The second-order valence-corrected chi connectivity index (χ2v) is 11.9. The van der Waals surface area contributed by atoms with Crippen molar-refractivity contribution >= 4 is 17.7 Å². The summed E-state index contributed by atoms with van der Waals surface area (Å²) in [6.07, 6.45) is 4.52. The summed E-state index contributed by atoms with van der Waals surface area (Å²) in [4.78, 5) is 45.5. The Labute approximate surface area is 259 Å². The lowest BCUT2D eigenvalue weighted by atomic mass is 10.00. The minimum absolute atomic E-state index is 0.231. The van der Waals surface area contributed by atoms with Crippen molar-refractivity contribution in [3.05, 3.63) is 101 Å². The van der Waals surface area contributed by atoms with Crippen LogP contribution >= 0.6 is 0 Å². The summed E-state index contributed by atoms with van der Waals surface area (Å²) in [6, 6.07) is 17.2. The summed E-state index contributed by atoms with van der Waals surface area (Å²) in [6.45, 7) is 5.50. The second kappa shape index (κ2) is 15.6. The van der Waals surface area contributed by atoms with E-state index in [4.69, 9.17) is 0 Å². The number of carbonyl (C=O) groups is 3. The van der Waals surface area contributed by atoms with Crippen molar-refractivity contribution in [2.75, 3.05) is 27.2 Å². The van der Waals surface area contributed by atoms with E-state index in [0.29, 0.717) is 43.0 Å². The van der Waals surface area contributed by atoms with E-state index in [9.17, 15) is 19.5 Å². The zero-order valence-electron chi connectivity index (χ0n) is 26.0. The van der Waals surface area contributed by atoms with Crippen LogP contribution in [0.5, 0.6) is 0 Å². The van der Waals surface area contributed by atoms with Gasteiger partial charge >= 0.3 is 0 Å². The molecule has 1 fully saturated rings. The van der Waals surface area contributed by atoms with Gasteiger partial charge in [-0.1, -0.05) is 56.3 Å². The van der Waals surface area contributed by atoms with Crippen molar-refractivity contribution in [2.24, 2.45) is 0 Å². The van der Waals surface area contributed by atoms with E-state index in [1.165, 1.54) is 0 Å². The van der Waals surface area contributed by atoms with Gasteiger partial charge in [0.1, 0.15) is 6.04 Å². The zero-order valence-corrected chi connectivity index (χ0v) is 26.0. The quantitative estimate of drug-likeness (QED) is 0.222. The summed E-state index contributed by atoms with van der Waals surface area (Å²) < 4.78 is 0. The molecular weight excluding hydrogens is 556 g/mol. The molecule has 3 aromatic rings. The molecule has 4 rings (SSSR count). The number of aliphatic hydroxyl groups excluding tert-OH is 1. The predicted octanol–water partition coefficient (Wildman–Crippen LogP) is 2.89. The highest BCUT2D eigenvalue weighted by molar-refractivity contribution is 6.01. The van der Waals surface area contributed by atoms with Crippen LogP contribution < -0.4 is 16.1 Å². The molecule has 1 aromatic heterocycles. The molecule has 0 bridgehead atoms. The Balaban J connectivity index is 1.44. The molecule has 0 saturated carbocycles. The van der Waals surface area contributed by atoms with Crippen LogP contribution in [0.2, 0.25) is 0 Å². The molecule has 1 aliphatic heterocycles. The van der Waals surface area contributed by atoms with Crippen LogP contribution in [0.3, 0.4) is 0 Å². The van der Waals surface area contributed by atoms with Gasteiger partial charge in [-0.05, 0) is 60.1 Å².